The Bertz CT molecular complexity index is 1310. The van der Waals surface area contributed by atoms with Crippen molar-refractivity contribution in [1.82, 2.24) is 9.55 Å². The van der Waals surface area contributed by atoms with Crippen LogP contribution in [0.1, 0.15) is 53.0 Å². The van der Waals surface area contributed by atoms with Crippen LogP contribution in [0.4, 0.5) is 0 Å². The van der Waals surface area contributed by atoms with Gasteiger partial charge in [0.15, 0.2) is 11.5 Å². The highest BCUT2D eigenvalue weighted by molar-refractivity contribution is 5.94. The van der Waals surface area contributed by atoms with Crippen molar-refractivity contribution in [2.75, 3.05) is 20.8 Å². The second-order valence-electron chi connectivity index (χ2n) is 8.03. The summed E-state index contributed by atoms with van der Waals surface area (Å²) in [6.45, 7) is 5.98. The summed E-state index contributed by atoms with van der Waals surface area (Å²) in [6.07, 6.45) is 4.66. The van der Waals surface area contributed by atoms with Crippen LogP contribution >= 0.6 is 0 Å². The SMILES string of the molecule is CCOC(=O)C=Cc1c(C#N)c2c(C)cc(C)nc2n1C1CCc2c1ccc(OC)c2OC. The molecule has 0 saturated heterocycles. The van der Waals surface area contributed by atoms with E-state index in [4.69, 9.17) is 19.2 Å². The Balaban J connectivity index is 2.00. The van der Waals surface area contributed by atoms with Crippen LogP contribution in [-0.2, 0) is 16.0 Å². The van der Waals surface area contributed by atoms with Crippen LogP contribution in [0.2, 0.25) is 0 Å². The zero-order valence-corrected chi connectivity index (χ0v) is 19.6. The summed E-state index contributed by atoms with van der Waals surface area (Å²) in [5, 5.41) is 10.9. The average Bonchev–Trinajstić information content (AvgIpc) is 3.35. The van der Waals surface area contributed by atoms with Gasteiger partial charge in [0.1, 0.15) is 11.7 Å². The van der Waals surface area contributed by atoms with Gasteiger partial charge in [-0.1, -0.05) is 6.07 Å². The zero-order chi connectivity index (χ0) is 23.7. The maximum Gasteiger partial charge on any atom is 0.330 e. The first-order valence-corrected chi connectivity index (χ1v) is 11.0. The largest absolute Gasteiger partial charge is 0.493 e. The van der Waals surface area contributed by atoms with Crippen molar-refractivity contribution in [3.8, 4) is 17.6 Å². The molecule has 1 aliphatic rings. The fourth-order valence-electron chi connectivity index (χ4n) is 4.87. The standard InChI is InChI=1S/C26H27N3O4/c1-6-33-23(30)12-10-21-19(14-27)24-15(2)13-16(3)28-26(24)29(21)20-9-7-18-17(20)8-11-22(31-4)25(18)32-5/h8,10-13,20H,6-7,9H2,1-5H3. The number of carbonyl (C=O) groups is 1. The van der Waals surface area contributed by atoms with Crippen LogP contribution < -0.4 is 9.47 Å². The molecule has 1 aliphatic carbocycles. The number of hydrogen-bond acceptors (Lipinski definition) is 6. The lowest BCUT2D eigenvalue weighted by Crippen LogP contribution is -2.11. The van der Waals surface area contributed by atoms with E-state index in [1.54, 1.807) is 27.2 Å². The Labute approximate surface area is 193 Å². The summed E-state index contributed by atoms with van der Waals surface area (Å²) < 4.78 is 18.3. The van der Waals surface area contributed by atoms with Crippen LogP contribution in [0.25, 0.3) is 17.1 Å². The van der Waals surface area contributed by atoms with E-state index < -0.39 is 5.97 Å². The van der Waals surface area contributed by atoms with E-state index in [1.165, 1.54) is 6.08 Å². The van der Waals surface area contributed by atoms with Crippen LogP contribution in [-0.4, -0.2) is 36.3 Å². The van der Waals surface area contributed by atoms with E-state index in [1.807, 2.05) is 32.0 Å². The minimum atomic E-state index is -0.447. The Hall–Kier alpha value is -3.79. The zero-order valence-electron chi connectivity index (χ0n) is 19.6. The van der Waals surface area contributed by atoms with E-state index in [0.717, 1.165) is 52.0 Å². The van der Waals surface area contributed by atoms with Gasteiger partial charge in [-0.3, -0.25) is 0 Å². The van der Waals surface area contributed by atoms with E-state index in [2.05, 4.69) is 10.6 Å². The van der Waals surface area contributed by atoms with Crippen LogP contribution in [0.15, 0.2) is 24.3 Å². The second kappa shape index (κ2) is 8.99. The van der Waals surface area contributed by atoms with Crippen molar-refractivity contribution in [2.45, 2.75) is 39.7 Å². The molecule has 2 heterocycles. The lowest BCUT2D eigenvalue weighted by molar-refractivity contribution is -0.137. The molecule has 7 nitrogen and oxygen atoms in total. The third-order valence-corrected chi connectivity index (χ3v) is 6.12. The topological polar surface area (TPSA) is 86.4 Å². The number of nitriles is 1. The number of nitrogens with zero attached hydrogens (tertiary/aromatic N) is 3. The molecule has 1 unspecified atom stereocenters. The number of rotatable bonds is 6. The van der Waals surface area contributed by atoms with Gasteiger partial charge in [-0.05, 0) is 62.9 Å². The molecular formula is C26H27N3O4. The predicted molar refractivity (Wildman–Crippen MR) is 126 cm³/mol. The molecule has 0 radical (unpaired) electrons. The molecule has 170 valence electrons. The molecule has 7 heteroatoms. The maximum atomic E-state index is 12.1. The van der Waals surface area contributed by atoms with Gasteiger partial charge in [0.05, 0.1) is 38.1 Å². The summed E-state index contributed by atoms with van der Waals surface area (Å²) in [5.41, 5.74) is 5.92. The van der Waals surface area contributed by atoms with Gasteiger partial charge in [-0.25, -0.2) is 9.78 Å². The molecule has 4 rings (SSSR count). The molecule has 0 bridgehead atoms. The van der Waals surface area contributed by atoms with Gasteiger partial charge in [0, 0.05) is 22.7 Å². The first kappa shape index (κ1) is 22.4. The van der Waals surface area contributed by atoms with Crippen LogP contribution in [0.5, 0.6) is 11.5 Å². The van der Waals surface area contributed by atoms with Crippen LogP contribution in [0, 0.1) is 25.2 Å². The first-order valence-electron chi connectivity index (χ1n) is 11.0. The quantitative estimate of drug-likeness (QED) is 0.405. The van der Waals surface area contributed by atoms with Crippen molar-refractivity contribution in [3.63, 3.8) is 0 Å². The molecule has 0 saturated carbocycles. The molecule has 3 aromatic rings. The highest BCUT2D eigenvalue weighted by Crippen LogP contribution is 2.46. The van der Waals surface area contributed by atoms with Crippen molar-refractivity contribution in [3.05, 3.63) is 57.9 Å². The number of pyridine rings is 1. The Morgan fingerprint density at radius 1 is 1.30 bits per heavy atom. The summed E-state index contributed by atoms with van der Waals surface area (Å²) in [5.74, 6) is 0.981. The van der Waals surface area contributed by atoms with Gasteiger partial charge in [-0.15, -0.1) is 0 Å². The summed E-state index contributed by atoms with van der Waals surface area (Å²) >= 11 is 0. The molecule has 0 spiro atoms. The Morgan fingerprint density at radius 3 is 2.76 bits per heavy atom. The molecule has 2 aromatic heterocycles. The third kappa shape index (κ3) is 3.72. The Kier molecular flexibility index (Phi) is 6.10. The van der Waals surface area contributed by atoms with Crippen molar-refractivity contribution < 1.29 is 19.0 Å². The maximum absolute atomic E-state index is 12.1. The molecular weight excluding hydrogens is 418 g/mol. The summed E-state index contributed by atoms with van der Waals surface area (Å²) in [7, 11) is 3.27. The van der Waals surface area contributed by atoms with E-state index in [9.17, 15) is 10.1 Å². The number of benzene rings is 1. The van der Waals surface area contributed by atoms with E-state index in [-0.39, 0.29) is 12.6 Å². The van der Waals surface area contributed by atoms with Crippen LogP contribution in [0.3, 0.4) is 0 Å². The lowest BCUT2D eigenvalue weighted by atomic mass is 10.1. The highest BCUT2D eigenvalue weighted by atomic mass is 16.5. The van der Waals surface area contributed by atoms with Gasteiger partial charge in [0.2, 0.25) is 0 Å². The normalized spacial score (nSPS) is 15.0. The fourth-order valence-corrected chi connectivity index (χ4v) is 4.87. The molecule has 0 aliphatic heterocycles. The highest BCUT2D eigenvalue weighted by Gasteiger charge is 2.32. The summed E-state index contributed by atoms with van der Waals surface area (Å²) in [4.78, 5) is 16.9. The molecule has 0 fully saturated rings. The van der Waals surface area contributed by atoms with E-state index >= 15 is 0 Å². The monoisotopic (exact) mass is 445 g/mol. The fraction of sp³-hybridized carbons (Fsp3) is 0.346. The van der Waals surface area contributed by atoms with Crippen molar-refractivity contribution in [1.29, 1.82) is 5.26 Å². The molecule has 1 aromatic carbocycles. The predicted octanol–water partition coefficient (Wildman–Crippen LogP) is 4.65. The van der Waals surface area contributed by atoms with Crippen molar-refractivity contribution >= 4 is 23.1 Å². The number of ether oxygens (including phenoxy) is 3. The third-order valence-electron chi connectivity index (χ3n) is 6.12. The van der Waals surface area contributed by atoms with E-state index in [0.29, 0.717) is 17.0 Å². The van der Waals surface area contributed by atoms with Gasteiger partial charge in [0.25, 0.3) is 0 Å². The number of carbonyl (C=O) groups excluding carboxylic acids is 1. The van der Waals surface area contributed by atoms with Crippen molar-refractivity contribution in [2.24, 2.45) is 0 Å². The number of aryl methyl sites for hydroxylation is 2. The van der Waals surface area contributed by atoms with Gasteiger partial charge >= 0.3 is 5.97 Å². The molecule has 1 atom stereocenters. The number of fused-ring (bicyclic) bond motifs is 2. The smallest absolute Gasteiger partial charge is 0.330 e. The second-order valence-corrected chi connectivity index (χ2v) is 8.03. The molecule has 0 amide bonds. The minimum absolute atomic E-state index is 0.0695. The summed E-state index contributed by atoms with van der Waals surface area (Å²) in [6, 6.07) is 8.22. The Morgan fingerprint density at radius 2 is 2.09 bits per heavy atom. The first-order chi connectivity index (χ1) is 15.9. The number of aromatic nitrogens is 2. The number of esters is 1. The minimum Gasteiger partial charge on any atom is -0.493 e. The molecule has 33 heavy (non-hydrogen) atoms. The lowest BCUT2D eigenvalue weighted by Gasteiger charge is -2.19. The number of hydrogen-bond donors (Lipinski definition) is 0. The number of methoxy groups -OCH3 is 2. The van der Waals surface area contributed by atoms with Gasteiger partial charge < -0.3 is 18.8 Å². The van der Waals surface area contributed by atoms with Gasteiger partial charge in [-0.2, -0.15) is 5.26 Å². The average molecular weight is 446 g/mol. The molecule has 0 N–H and O–H groups in total.